The summed E-state index contributed by atoms with van der Waals surface area (Å²) in [5.41, 5.74) is 1.51. The Balaban J connectivity index is 1.48. The van der Waals surface area contributed by atoms with Crippen LogP contribution in [0.25, 0.3) is 0 Å². The van der Waals surface area contributed by atoms with Crippen LogP contribution in [-0.4, -0.2) is 69.3 Å². The van der Waals surface area contributed by atoms with Crippen molar-refractivity contribution >= 4 is 27.5 Å². The number of sulfonamides is 1. The molecule has 1 N–H and O–H groups in total. The number of rotatable bonds is 4. The Morgan fingerprint density at radius 1 is 1.10 bits per heavy atom. The molecule has 2 aromatic carbocycles. The molecule has 0 aromatic heterocycles. The molecule has 0 bridgehead atoms. The number of benzene rings is 2. The molecule has 0 aliphatic carbocycles. The molecular formula is C21H23N3O6S. The lowest BCUT2D eigenvalue weighted by molar-refractivity contribution is -0.118. The molecule has 2 aliphatic rings. The minimum absolute atomic E-state index is 0.136. The molecular weight excluding hydrogens is 422 g/mol. The van der Waals surface area contributed by atoms with Gasteiger partial charge in [-0.1, -0.05) is 0 Å². The quantitative estimate of drug-likeness (QED) is 0.764. The van der Waals surface area contributed by atoms with Gasteiger partial charge in [-0.25, -0.2) is 8.42 Å². The average Bonchev–Trinajstić information content (AvgIpc) is 2.78. The first kappa shape index (κ1) is 21.1. The summed E-state index contributed by atoms with van der Waals surface area (Å²) >= 11 is 0. The highest BCUT2D eigenvalue weighted by Gasteiger charge is 2.32. The molecule has 1 saturated heterocycles. The summed E-state index contributed by atoms with van der Waals surface area (Å²) in [5.74, 6) is 0.572. The maximum Gasteiger partial charge on any atom is 0.262 e. The smallest absolute Gasteiger partial charge is 0.262 e. The van der Waals surface area contributed by atoms with Gasteiger partial charge >= 0.3 is 0 Å². The number of amides is 2. The van der Waals surface area contributed by atoms with Crippen LogP contribution in [0.1, 0.15) is 15.9 Å². The molecule has 0 radical (unpaired) electrons. The number of hydrogen-bond acceptors (Lipinski definition) is 6. The van der Waals surface area contributed by atoms with Crippen LogP contribution in [0.15, 0.2) is 41.3 Å². The van der Waals surface area contributed by atoms with Crippen LogP contribution < -0.4 is 14.8 Å². The number of nitrogens with zero attached hydrogens (tertiary/aromatic N) is 2. The fraction of sp³-hybridized carbons (Fsp3) is 0.333. The van der Waals surface area contributed by atoms with Crippen molar-refractivity contribution in [3.63, 3.8) is 0 Å². The van der Waals surface area contributed by atoms with Gasteiger partial charge in [-0.15, -0.1) is 0 Å². The standard InChI is InChI=1S/C21H23N3O6S/c1-14-11-17-18(30-13-20(25)22-17)12-19(14)31(27,28)24-9-7-23(8-10-24)21(26)15-3-5-16(29-2)6-4-15/h3-6,11-12H,7-10,13H2,1-2H3,(H,22,25). The van der Waals surface area contributed by atoms with Crippen LogP contribution in [0.5, 0.6) is 11.5 Å². The highest BCUT2D eigenvalue weighted by Crippen LogP contribution is 2.34. The molecule has 164 valence electrons. The lowest BCUT2D eigenvalue weighted by Gasteiger charge is -2.34. The van der Waals surface area contributed by atoms with E-state index < -0.39 is 10.0 Å². The number of nitrogens with one attached hydrogen (secondary N) is 1. The van der Waals surface area contributed by atoms with Crippen molar-refractivity contribution in [3.8, 4) is 11.5 Å². The second-order valence-corrected chi connectivity index (χ2v) is 9.28. The number of hydrogen-bond donors (Lipinski definition) is 1. The number of aryl methyl sites for hydroxylation is 1. The number of carbonyl (C=O) groups excluding carboxylic acids is 2. The molecule has 10 heteroatoms. The zero-order valence-corrected chi connectivity index (χ0v) is 18.1. The van der Waals surface area contributed by atoms with E-state index in [1.54, 1.807) is 49.3 Å². The highest BCUT2D eigenvalue weighted by molar-refractivity contribution is 7.89. The van der Waals surface area contributed by atoms with Crippen LogP contribution >= 0.6 is 0 Å². The second-order valence-electron chi connectivity index (χ2n) is 7.38. The van der Waals surface area contributed by atoms with Crippen molar-refractivity contribution in [2.45, 2.75) is 11.8 Å². The number of anilines is 1. The van der Waals surface area contributed by atoms with E-state index in [1.807, 2.05) is 0 Å². The predicted molar refractivity (Wildman–Crippen MR) is 113 cm³/mol. The van der Waals surface area contributed by atoms with Crippen molar-refractivity contribution in [3.05, 3.63) is 47.5 Å². The summed E-state index contributed by atoms with van der Waals surface area (Å²) in [6, 6.07) is 9.88. The Morgan fingerprint density at radius 2 is 1.77 bits per heavy atom. The zero-order chi connectivity index (χ0) is 22.2. The Labute approximate surface area is 180 Å². The molecule has 2 aliphatic heterocycles. The molecule has 0 saturated carbocycles. The summed E-state index contributed by atoms with van der Waals surface area (Å²) in [4.78, 5) is 26.0. The summed E-state index contributed by atoms with van der Waals surface area (Å²) in [6.07, 6.45) is 0. The number of methoxy groups -OCH3 is 1. The molecule has 4 rings (SSSR count). The molecule has 9 nitrogen and oxygen atoms in total. The highest BCUT2D eigenvalue weighted by atomic mass is 32.2. The van der Waals surface area contributed by atoms with E-state index >= 15 is 0 Å². The Hall–Kier alpha value is -3.11. The van der Waals surface area contributed by atoms with Crippen LogP contribution in [0.3, 0.4) is 0 Å². The van der Waals surface area contributed by atoms with Gasteiger partial charge in [0.1, 0.15) is 11.5 Å². The van der Waals surface area contributed by atoms with Gasteiger partial charge in [-0.05, 0) is 42.8 Å². The summed E-state index contributed by atoms with van der Waals surface area (Å²) < 4.78 is 38.3. The molecule has 1 fully saturated rings. The van der Waals surface area contributed by atoms with E-state index in [0.29, 0.717) is 41.4 Å². The Bertz CT molecular complexity index is 1120. The van der Waals surface area contributed by atoms with Crippen LogP contribution in [-0.2, 0) is 14.8 Å². The average molecular weight is 445 g/mol. The van der Waals surface area contributed by atoms with Gasteiger partial charge in [-0.3, -0.25) is 9.59 Å². The maximum atomic E-state index is 13.2. The number of ether oxygens (including phenoxy) is 2. The minimum Gasteiger partial charge on any atom is -0.497 e. The molecule has 0 spiro atoms. The summed E-state index contributed by atoms with van der Waals surface area (Å²) in [7, 11) is -2.22. The van der Waals surface area contributed by atoms with E-state index in [0.717, 1.165) is 0 Å². The monoisotopic (exact) mass is 445 g/mol. The molecule has 0 atom stereocenters. The van der Waals surface area contributed by atoms with Gasteiger partial charge in [0.15, 0.2) is 6.61 Å². The molecule has 2 aromatic rings. The van der Waals surface area contributed by atoms with Crippen molar-refractivity contribution in [2.75, 3.05) is 45.2 Å². The lowest BCUT2D eigenvalue weighted by atomic mass is 10.2. The van der Waals surface area contributed by atoms with E-state index in [4.69, 9.17) is 9.47 Å². The minimum atomic E-state index is -3.78. The molecule has 0 unspecified atom stereocenters. The van der Waals surface area contributed by atoms with Crippen LogP contribution in [0, 0.1) is 6.92 Å². The normalized spacial score (nSPS) is 16.8. The Morgan fingerprint density at radius 3 is 2.42 bits per heavy atom. The fourth-order valence-corrected chi connectivity index (χ4v) is 5.32. The maximum absolute atomic E-state index is 13.2. The van der Waals surface area contributed by atoms with Gasteiger partial charge in [0.2, 0.25) is 10.0 Å². The van der Waals surface area contributed by atoms with E-state index in [9.17, 15) is 18.0 Å². The van der Waals surface area contributed by atoms with Crippen molar-refractivity contribution < 1.29 is 27.5 Å². The van der Waals surface area contributed by atoms with Gasteiger partial charge in [-0.2, -0.15) is 4.31 Å². The summed E-state index contributed by atoms with van der Waals surface area (Å²) in [5, 5.41) is 2.68. The van der Waals surface area contributed by atoms with E-state index in [2.05, 4.69) is 5.32 Å². The van der Waals surface area contributed by atoms with Gasteiger partial charge in [0.25, 0.3) is 11.8 Å². The van der Waals surface area contributed by atoms with Gasteiger partial charge < -0.3 is 19.7 Å². The van der Waals surface area contributed by atoms with Crippen LogP contribution in [0.4, 0.5) is 5.69 Å². The topological polar surface area (TPSA) is 105 Å². The van der Waals surface area contributed by atoms with Crippen molar-refractivity contribution in [1.29, 1.82) is 0 Å². The molecule has 2 heterocycles. The lowest BCUT2D eigenvalue weighted by Crippen LogP contribution is -2.50. The third-order valence-electron chi connectivity index (χ3n) is 5.39. The van der Waals surface area contributed by atoms with E-state index in [-0.39, 0.29) is 36.4 Å². The zero-order valence-electron chi connectivity index (χ0n) is 17.3. The first-order valence-corrected chi connectivity index (χ1v) is 11.2. The predicted octanol–water partition coefficient (Wildman–Crippen LogP) is 1.48. The van der Waals surface area contributed by atoms with Crippen molar-refractivity contribution in [2.24, 2.45) is 0 Å². The number of carbonyl (C=O) groups is 2. The molecule has 31 heavy (non-hydrogen) atoms. The first-order chi connectivity index (χ1) is 14.8. The van der Waals surface area contributed by atoms with Gasteiger partial charge in [0, 0.05) is 37.8 Å². The van der Waals surface area contributed by atoms with Crippen LogP contribution in [0.2, 0.25) is 0 Å². The Kier molecular flexibility index (Phi) is 5.59. The number of piperazine rings is 1. The number of fused-ring (bicyclic) bond motifs is 1. The second kappa shape index (κ2) is 8.20. The third-order valence-corrected chi connectivity index (χ3v) is 7.43. The third kappa shape index (κ3) is 4.08. The SMILES string of the molecule is COc1ccc(C(=O)N2CCN(S(=O)(=O)c3cc4c(cc3C)NC(=O)CO4)CC2)cc1. The van der Waals surface area contributed by atoms with Crippen molar-refractivity contribution in [1.82, 2.24) is 9.21 Å². The van der Waals surface area contributed by atoms with E-state index in [1.165, 1.54) is 10.4 Å². The van der Waals surface area contributed by atoms with Gasteiger partial charge in [0.05, 0.1) is 17.7 Å². The largest absolute Gasteiger partial charge is 0.497 e. The fourth-order valence-electron chi connectivity index (χ4n) is 3.68. The first-order valence-electron chi connectivity index (χ1n) is 9.80. The summed E-state index contributed by atoms with van der Waals surface area (Å²) in [6.45, 7) is 2.50. The molecule has 2 amide bonds.